The lowest BCUT2D eigenvalue weighted by molar-refractivity contribution is -0.113. The molecule has 7 nitrogen and oxygen atoms in total. The molecule has 4 aromatic carbocycles. The predicted molar refractivity (Wildman–Crippen MR) is 142 cm³/mol. The van der Waals surface area contributed by atoms with E-state index in [9.17, 15) is 4.79 Å². The number of ether oxygens (including phenoxy) is 2. The summed E-state index contributed by atoms with van der Waals surface area (Å²) in [6.07, 6.45) is 0. The number of rotatable bonds is 9. The largest absolute Gasteiger partial charge is 0.495 e. The average Bonchev–Trinajstić information content (AvgIpc) is 3.34. The van der Waals surface area contributed by atoms with Gasteiger partial charge in [-0.05, 0) is 35.7 Å². The number of carbonyl (C=O) groups excluding carboxylic acids is 1. The highest BCUT2D eigenvalue weighted by Crippen LogP contribution is 2.28. The summed E-state index contributed by atoms with van der Waals surface area (Å²) < 4.78 is 13.4. The molecule has 1 N–H and O–H groups in total. The summed E-state index contributed by atoms with van der Waals surface area (Å²) in [7, 11) is 1.57. The Hall–Kier alpha value is -4.30. The van der Waals surface area contributed by atoms with Crippen molar-refractivity contribution in [2.75, 3.05) is 18.2 Å². The van der Waals surface area contributed by atoms with E-state index in [2.05, 4.69) is 27.6 Å². The summed E-state index contributed by atoms with van der Waals surface area (Å²) in [4.78, 5) is 12.7. The lowest BCUT2D eigenvalue weighted by Gasteiger charge is -2.12. The third-order valence-electron chi connectivity index (χ3n) is 5.53. The fourth-order valence-electron chi connectivity index (χ4n) is 3.85. The van der Waals surface area contributed by atoms with Crippen molar-refractivity contribution in [2.45, 2.75) is 11.8 Å². The van der Waals surface area contributed by atoms with Crippen molar-refractivity contribution >= 4 is 34.1 Å². The van der Waals surface area contributed by atoms with Crippen molar-refractivity contribution in [1.82, 2.24) is 14.8 Å². The molecule has 0 saturated heterocycles. The van der Waals surface area contributed by atoms with Gasteiger partial charge in [0.05, 0.1) is 18.6 Å². The van der Waals surface area contributed by atoms with Crippen LogP contribution in [-0.2, 0) is 11.4 Å². The quantitative estimate of drug-likeness (QED) is 0.262. The number of nitrogens with one attached hydrogen (secondary N) is 1. The Bertz CT molecular complexity index is 1480. The molecule has 0 aliphatic carbocycles. The molecule has 36 heavy (non-hydrogen) atoms. The van der Waals surface area contributed by atoms with E-state index in [1.807, 2.05) is 77.4 Å². The van der Waals surface area contributed by atoms with E-state index >= 15 is 0 Å². The van der Waals surface area contributed by atoms with E-state index in [1.54, 1.807) is 19.2 Å². The van der Waals surface area contributed by atoms with Crippen molar-refractivity contribution in [3.63, 3.8) is 0 Å². The number of methoxy groups -OCH3 is 1. The second-order valence-corrected chi connectivity index (χ2v) is 8.82. The monoisotopic (exact) mass is 496 g/mol. The number of benzene rings is 4. The van der Waals surface area contributed by atoms with Gasteiger partial charge in [-0.25, -0.2) is 0 Å². The molecular formula is C28H24N4O3S. The molecular weight excluding hydrogens is 472 g/mol. The highest BCUT2D eigenvalue weighted by Gasteiger charge is 2.17. The molecule has 0 fully saturated rings. The van der Waals surface area contributed by atoms with Gasteiger partial charge < -0.3 is 14.8 Å². The van der Waals surface area contributed by atoms with Gasteiger partial charge in [-0.1, -0.05) is 78.5 Å². The number of aromatic nitrogens is 3. The van der Waals surface area contributed by atoms with Gasteiger partial charge >= 0.3 is 0 Å². The van der Waals surface area contributed by atoms with Gasteiger partial charge in [0.1, 0.15) is 18.1 Å². The van der Waals surface area contributed by atoms with Crippen LogP contribution in [-0.4, -0.2) is 33.5 Å². The van der Waals surface area contributed by atoms with Crippen molar-refractivity contribution in [3.8, 4) is 17.2 Å². The molecule has 0 radical (unpaired) electrons. The molecule has 5 aromatic rings. The molecule has 0 aliphatic rings. The number of hydrogen-bond acceptors (Lipinski definition) is 6. The zero-order valence-corrected chi connectivity index (χ0v) is 20.4. The third-order valence-corrected chi connectivity index (χ3v) is 6.46. The maximum absolute atomic E-state index is 12.7. The van der Waals surface area contributed by atoms with Gasteiger partial charge in [0.2, 0.25) is 5.91 Å². The van der Waals surface area contributed by atoms with Crippen molar-refractivity contribution in [2.24, 2.45) is 0 Å². The van der Waals surface area contributed by atoms with Crippen LogP contribution in [0.3, 0.4) is 0 Å². The first-order valence-electron chi connectivity index (χ1n) is 11.4. The summed E-state index contributed by atoms with van der Waals surface area (Å²) in [6.45, 7) is 0.226. The number of fused-ring (bicyclic) bond motifs is 1. The molecule has 180 valence electrons. The second kappa shape index (κ2) is 11.0. The van der Waals surface area contributed by atoms with Crippen molar-refractivity contribution < 1.29 is 14.3 Å². The van der Waals surface area contributed by atoms with Crippen LogP contribution in [0, 0.1) is 0 Å². The number of amides is 1. The highest BCUT2D eigenvalue weighted by atomic mass is 32.2. The van der Waals surface area contributed by atoms with E-state index in [0.717, 1.165) is 22.2 Å². The standard InChI is InChI=1S/C28H24N4O3S/c1-34-25-16-8-7-15-23(25)29-27(33)19-36-28-31-30-26(32(28)21-12-3-2-4-13-21)18-35-24-17-9-11-20-10-5-6-14-22(20)24/h2-17H,18-19H2,1H3,(H,29,33). The molecule has 1 heterocycles. The second-order valence-electron chi connectivity index (χ2n) is 7.87. The lowest BCUT2D eigenvalue weighted by Crippen LogP contribution is -2.15. The highest BCUT2D eigenvalue weighted by molar-refractivity contribution is 7.99. The molecule has 8 heteroatoms. The number of hydrogen-bond donors (Lipinski definition) is 1. The first-order chi connectivity index (χ1) is 17.7. The fraction of sp³-hybridized carbons (Fsp3) is 0.107. The van der Waals surface area contributed by atoms with Gasteiger partial charge in [0.25, 0.3) is 0 Å². The van der Waals surface area contributed by atoms with Crippen LogP contribution in [0.25, 0.3) is 16.5 Å². The van der Waals surface area contributed by atoms with Gasteiger partial charge in [-0.3, -0.25) is 9.36 Å². The minimum absolute atomic E-state index is 0.160. The van der Waals surface area contributed by atoms with Gasteiger partial charge in [0, 0.05) is 11.1 Å². The summed E-state index contributed by atoms with van der Waals surface area (Å²) in [5.41, 5.74) is 1.52. The van der Waals surface area contributed by atoms with Crippen molar-refractivity contribution in [3.05, 3.63) is 103 Å². The summed E-state index contributed by atoms with van der Waals surface area (Å²) >= 11 is 1.31. The number of para-hydroxylation sites is 3. The van der Waals surface area contributed by atoms with Crippen LogP contribution in [0.2, 0.25) is 0 Å². The zero-order valence-electron chi connectivity index (χ0n) is 19.6. The zero-order chi connectivity index (χ0) is 24.7. The smallest absolute Gasteiger partial charge is 0.234 e. The summed E-state index contributed by atoms with van der Waals surface area (Å²) in [5, 5.41) is 14.4. The molecule has 0 saturated carbocycles. The Morgan fingerprint density at radius 1 is 0.861 bits per heavy atom. The maximum atomic E-state index is 12.7. The van der Waals surface area contributed by atoms with E-state index in [-0.39, 0.29) is 18.3 Å². The summed E-state index contributed by atoms with van der Waals surface area (Å²) in [6, 6.07) is 31.2. The SMILES string of the molecule is COc1ccccc1NC(=O)CSc1nnc(COc2cccc3ccccc23)n1-c1ccccc1. The van der Waals surface area contributed by atoms with E-state index < -0.39 is 0 Å². The summed E-state index contributed by atoms with van der Waals surface area (Å²) in [5.74, 6) is 2.02. The van der Waals surface area contributed by atoms with Crippen LogP contribution in [0.4, 0.5) is 5.69 Å². The topological polar surface area (TPSA) is 78.3 Å². The van der Waals surface area contributed by atoms with Gasteiger partial charge in [-0.2, -0.15) is 0 Å². The minimum atomic E-state index is -0.166. The van der Waals surface area contributed by atoms with Crippen molar-refractivity contribution in [1.29, 1.82) is 0 Å². The molecule has 1 amide bonds. The Morgan fingerprint density at radius 2 is 1.58 bits per heavy atom. The van der Waals surface area contributed by atoms with Gasteiger partial charge in [0.15, 0.2) is 11.0 Å². The predicted octanol–water partition coefficient (Wildman–Crippen LogP) is 5.74. The molecule has 1 aromatic heterocycles. The lowest BCUT2D eigenvalue weighted by atomic mass is 10.1. The van der Waals surface area contributed by atoms with Crippen LogP contribution >= 0.6 is 11.8 Å². The maximum Gasteiger partial charge on any atom is 0.234 e. The fourth-order valence-corrected chi connectivity index (χ4v) is 4.62. The molecule has 0 spiro atoms. The number of carbonyl (C=O) groups is 1. The Morgan fingerprint density at radius 3 is 2.44 bits per heavy atom. The van der Waals surface area contributed by atoms with Crippen LogP contribution in [0.1, 0.15) is 5.82 Å². The normalized spacial score (nSPS) is 10.8. The average molecular weight is 497 g/mol. The number of anilines is 1. The first kappa shape index (κ1) is 23.4. The molecule has 5 rings (SSSR count). The Kier molecular flexibility index (Phi) is 7.14. The van der Waals surface area contributed by atoms with Gasteiger partial charge in [-0.15, -0.1) is 10.2 Å². The molecule has 0 aliphatic heterocycles. The number of thioether (sulfide) groups is 1. The molecule has 0 unspecified atom stereocenters. The molecule has 0 bridgehead atoms. The van der Waals surface area contributed by atoms with E-state index in [0.29, 0.717) is 22.4 Å². The van der Waals surface area contributed by atoms with E-state index in [4.69, 9.17) is 9.47 Å². The third kappa shape index (κ3) is 5.18. The number of nitrogens with zero attached hydrogens (tertiary/aromatic N) is 3. The minimum Gasteiger partial charge on any atom is -0.495 e. The Labute approximate surface area is 213 Å². The van der Waals surface area contributed by atoms with E-state index in [1.165, 1.54) is 11.8 Å². The Balaban J connectivity index is 1.35. The first-order valence-corrected chi connectivity index (χ1v) is 12.4. The van der Waals surface area contributed by atoms with Crippen LogP contribution in [0.5, 0.6) is 11.5 Å². The van der Waals surface area contributed by atoms with Crippen LogP contribution in [0.15, 0.2) is 102 Å². The van der Waals surface area contributed by atoms with Crippen LogP contribution < -0.4 is 14.8 Å². The molecule has 0 atom stereocenters.